The molecule has 0 bridgehead atoms. The molecule has 0 unspecified atom stereocenters. The molecule has 2 aliphatic rings. The molecule has 1 aliphatic carbocycles. The van der Waals surface area contributed by atoms with Crippen LogP contribution in [0.1, 0.15) is 18.9 Å². The summed E-state index contributed by atoms with van der Waals surface area (Å²) in [6.07, 6.45) is 2.16. The van der Waals surface area contributed by atoms with E-state index in [1.807, 2.05) is 28.8 Å². The first-order valence-electron chi connectivity index (χ1n) is 6.04. The Kier molecular flexibility index (Phi) is 1.68. The van der Waals surface area contributed by atoms with E-state index in [1.165, 1.54) is 0 Å². The largest absolute Gasteiger partial charge is 0.380 e. The maximum Gasteiger partial charge on any atom is 0.326 e. The summed E-state index contributed by atoms with van der Waals surface area (Å²) in [6.45, 7) is 1.75. The van der Waals surface area contributed by atoms with Crippen LogP contribution in [-0.2, 0) is 4.74 Å². The molecule has 2 fully saturated rings. The van der Waals surface area contributed by atoms with Crippen molar-refractivity contribution in [1.29, 1.82) is 0 Å². The molecule has 4 rings (SSSR count). The first-order valence-corrected chi connectivity index (χ1v) is 6.04. The van der Waals surface area contributed by atoms with Crippen LogP contribution in [0.4, 0.5) is 0 Å². The van der Waals surface area contributed by atoms with E-state index in [4.69, 9.17) is 4.74 Å². The van der Waals surface area contributed by atoms with Crippen LogP contribution in [0.5, 0.6) is 0 Å². The number of imidazole rings is 1. The third-order valence-corrected chi connectivity index (χ3v) is 4.14. The number of benzene rings is 1. The van der Waals surface area contributed by atoms with Crippen molar-refractivity contribution in [3.05, 3.63) is 34.7 Å². The van der Waals surface area contributed by atoms with Crippen LogP contribution in [0.15, 0.2) is 29.1 Å². The number of fused-ring (bicyclic) bond motifs is 1. The molecule has 2 aromatic rings. The molecule has 4 nitrogen and oxygen atoms in total. The molecular weight excluding hydrogens is 216 g/mol. The monoisotopic (exact) mass is 230 g/mol. The number of nitrogens with one attached hydrogen (secondary N) is 1. The average molecular weight is 230 g/mol. The Labute approximate surface area is 98.2 Å². The highest BCUT2D eigenvalue weighted by atomic mass is 16.5. The minimum Gasteiger partial charge on any atom is -0.380 e. The SMILES string of the molecule is O=c1[nH]c2ccccc2n1C1CC2(COC2)C1. The van der Waals surface area contributed by atoms with Crippen LogP contribution in [0, 0.1) is 5.41 Å². The van der Waals surface area contributed by atoms with Crippen molar-refractivity contribution in [2.24, 2.45) is 5.41 Å². The first-order chi connectivity index (χ1) is 8.27. The zero-order chi connectivity index (χ0) is 11.5. The Hall–Kier alpha value is -1.55. The number of rotatable bonds is 1. The Morgan fingerprint density at radius 3 is 2.76 bits per heavy atom. The van der Waals surface area contributed by atoms with Crippen molar-refractivity contribution >= 4 is 11.0 Å². The van der Waals surface area contributed by atoms with Crippen molar-refractivity contribution < 1.29 is 4.74 Å². The normalized spacial score (nSPS) is 22.6. The van der Waals surface area contributed by atoms with E-state index in [0.29, 0.717) is 11.5 Å². The minimum absolute atomic E-state index is 0.0197. The van der Waals surface area contributed by atoms with Crippen LogP contribution in [0.3, 0.4) is 0 Å². The van der Waals surface area contributed by atoms with Crippen LogP contribution < -0.4 is 5.69 Å². The lowest BCUT2D eigenvalue weighted by Crippen LogP contribution is -2.53. The number of ether oxygens (including phenoxy) is 1. The maximum atomic E-state index is 12.0. The average Bonchev–Trinajstić information content (AvgIpc) is 2.52. The van der Waals surface area contributed by atoms with Gasteiger partial charge >= 0.3 is 5.69 Å². The van der Waals surface area contributed by atoms with Crippen molar-refractivity contribution in [3.8, 4) is 0 Å². The molecule has 1 N–H and O–H groups in total. The smallest absolute Gasteiger partial charge is 0.326 e. The lowest BCUT2D eigenvalue weighted by molar-refractivity contribution is -0.174. The van der Waals surface area contributed by atoms with Gasteiger partial charge in [0.2, 0.25) is 0 Å². The lowest BCUT2D eigenvalue weighted by atomic mass is 9.64. The molecule has 1 saturated heterocycles. The van der Waals surface area contributed by atoms with Crippen molar-refractivity contribution in [3.63, 3.8) is 0 Å². The van der Waals surface area contributed by atoms with Crippen LogP contribution >= 0.6 is 0 Å². The number of para-hydroxylation sites is 2. The number of hydrogen-bond donors (Lipinski definition) is 1. The summed E-state index contributed by atoms with van der Waals surface area (Å²) in [6, 6.07) is 8.24. The Balaban J connectivity index is 1.76. The number of aromatic nitrogens is 2. The fraction of sp³-hybridized carbons (Fsp3) is 0.462. The van der Waals surface area contributed by atoms with Gasteiger partial charge in [0.1, 0.15) is 0 Å². The van der Waals surface area contributed by atoms with Crippen LogP contribution in [-0.4, -0.2) is 22.8 Å². The van der Waals surface area contributed by atoms with E-state index in [1.54, 1.807) is 0 Å². The minimum atomic E-state index is 0.0197. The van der Waals surface area contributed by atoms with Crippen molar-refractivity contribution in [2.75, 3.05) is 13.2 Å². The molecule has 4 heteroatoms. The Morgan fingerprint density at radius 2 is 2.06 bits per heavy atom. The molecule has 0 atom stereocenters. The Morgan fingerprint density at radius 1 is 1.29 bits per heavy atom. The van der Waals surface area contributed by atoms with E-state index in [9.17, 15) is 4.79 Å². The second kappa shape index (κ2) is 3.01. The third-order valence-electron chi connectivity index (χ3n) is 4.14. The van der Waals surface area contributed by atoms with E-state index in [-0.39, 0.29) is 5.69 Å². The highest BCUT2D eigenvalue weighted by Gasteiger charge is 2.51. The van der Waals surface area contributed by atoms with Gasteiger partial charge in [-0.25, -0.2) is 4.79 Å². The predicted octanol–water partition coefficient (Wildman–Crippen LogP) is 1.68. The quantitative estimate of drug-likeness (QED) is 0.810. The summed E-state index contributed by atoms with van der Waals surface area (Å²) < 4.78 is 7.18. The van der Waals surface area contributed by atoms with Crippen molar-refractivity contribution in [1.82, 2.24) is 9.55 Å². The maximum absolute atomic E-state index is 12.0. The lowest BCUT2D eigenvalue weighted by Gasteiger charge is -2.53. The van der Waals surface area contributed by atoms with Gasteiger partial charge in [-0.1, -0.05) is 12.1 Å². The summed E-state index contributed by atoms with van der Waals surface area (Å²) in [5, 5.41) is 0. The predicted molar refractivity (Wildman–Crippen MR) is 64.1 cm³/mol. The topological polar surface area (TPSA) is 47.0 Å². The van der Waals surface area contributed by atoms with Gasteiger partial charge in [-0.2, -0.15) is 0 Å². The second-order valence-corrected chi connectivity index (χ2v) is 5.37. The molecule has 1 aromatic heterocycles. The number of aromatic amines is 1. The molecule has 1 aromatic carbocycles. The van der Waals surface area contributed by atoms with Gasteiger partial charge < -0.3 is 9.72 Å². The molecule has 88 valence electrons. The summed E-state index contributed by atoms with van der Waals surface area (Å²) >= 11 is 0. The zero-order valence-electron chi connectivity index (χ0n) is 9.48. The van der Waals surface area contributed by atoms with Crippen LogP contribution in [0.25, 0.3) is 11.0 Å². The van der Waals surface area contributed by atoms with Gasteiger partial charge in [-0.05, 0) is 25.0 Å². The summed E-state index contributed by atoms with van der Waals surface area (Å²) in [5.74, 6) is 0. The highest BCUT2D eigenvalue weighted by molar-refractivity contribution is 5.75. The molecular formula is C13H14N2O2. The molecule has 17 heavy (non-hydrogen) atoms. The molecule has 1 spiro atoms. The van der Waals surface area contributed by atoms with Crippen LogP contribution in [0.2, 0.25) is 0 Å². The number of nitrogens with zero attached hydrogens (tertiary/aromatic N) is 1. The van der Waals surface area contributed by atoms with Gasteiger partial charge in [0, 0.05) is 11.5 Å². The van der Waals surface area contributed by atoms with E-state index >= 15 is 0 Å². The molecule has 1 saturated carbocycles. The molecule has 0 amide bonds. The van der Waals surface area contributed by atoms with E-state index in [2.05, 4.69) is 4.98 Å². The molecule has 1 aliphatic heterocycles. The number of H-pyrrole nitrogens is 1. The highest BCUT2D eigenvalue weighted by Crippen LogP contribution is 2.53. The summed E-state index contributed by atoms with van der Waals surface area (Å²) in [7, 11) is 0. The van der Waals surface area contributed by atoms with E-state index in [0.717, 1.165) is 37.1 Å². The summed E-state index contributed by atoms with van der Waals surface area (Å²) in [5.41, 5.74) is 2.37. The van der Waals surface area contributed by atoms with Gasteiger partial charge in [0.25, 0.3) is 0 Å². The standard InChI is InChI=1S/C13H14N2O2/c16-12-14-10-3-1-2-4-11(10)15(12)9-5-13(6-9)7-17-8-13/h1-4,9H,5-8H2,(H,14,16). The van der Waals surface area contributed by atoms with Gasteiger partial charge in [0.05, 0.1) is 24.2 Å². The number of hydrogen-bond acceptors (Lipinski definition) is 2. The van der Waals surface area contributed by atoms with Crippen molar-refractivity contribution in [2.45, 2.75) is 18.9 Å². The fourth-order valence-corrected chi connectivity index (χ4v) is 3.19. The molecule has 0 radical (unpaired) electrons. The van der Waals surface area contributed by atoms with E-state index < -0.39 is 0 Å². The Bertz CT molecular complexity index is 628. The van der Waals surface area contributed by atoms with Gasteiger partial charge in [0.15, 0.2) is 0 Å². The van der Waals surface area contributed by atoms with Gasteiger partial charge in [-0.3, -0.25) is 4.57 Å². The zero-order valence-corrected chi connectivity index (χ0v) is 9.48. The molecule has 2 heterocycles. The second-order valence-electron chi connectivity index (χ2n) is 5.37. The van der Waals surface area contributed by atoms with Gasteiger partial charge in [-0.15, -0.1) is 0 Å². The third kappa shape index (κ3) is 1.19. The first kappa shape index (κ1) is 9.48. The summed E-state index contributed by atoms with van der Waals surface area (Å²) in [4.78, 5) is 14.9. The fourth-order valence-electron chi connectivity index (χ4n) is 3.19.